The first-order valence-electron chi connectivity index (χ1n) is 7.64. The van der Waals surface area contributed by atoms with Crippen LogP contribution < -0.4 is 5.32 Å². The first-order chi connectivity index (χ1) is 9.81. The maximum absolute atomic E-state index is 4.26. The SMILES string of the molecule is CCCC(CCC)Nc1cccc(Cn2cccn2)c1. The monoisotopic (exact) mass is 271 g/mol. The molecule has 1 aromatic heterocycles. The zero-order chi connectivity index (χ0) is 14.2. The lowest BCUT2D eigenvalue weighted by Gasteiger charge is -2.19. The van der Waals surface area contributed by atoms with Gasteiger partial charge in [-0.2, -0.15) is 5.10 Å². The summed E-state index contributed by atoms with van der Waals surface area (Å²) in [4.78, 5) is 0. The first-order valence-corrected chi connectivity index (χ1v) is 7.64. The maximum Gasteiger partial charge on any atom is 0.0660 e. The van der Waals surface area contributed by atoms with Crippen LogP contribution in [0.5, 0.6) is 0 Å². The second-order valence-electron chi connectivity index (χ2n) is 5.32. The summed E-state index contributed by atoms with van der Waals surface area (Å²) in [5.74, 6) is 0. The van der Waals surface area contributed by atoms with Crippen LogP contribution in [0.25, 0.3) is 0 Å². The molecule has 0 bridgehead atoms. The third-order valence-electron chi connectivity index (χ3n) is 3.48. The minimum absolute atomic E-state index is 0.588. The van der Waals surface area contributed by atoms with Gasteiger partial charge in [0.25, 0.3) is 0 Å². The van der Waals surface area contributed by atoms with Crippen LogP contribution in [0.15, 0.2) is 42.7 Å². The molecular formula is C17H25N3. The van der Waals surface area contributed by atoms with Crippen molar-refractivity contribution >= 4 is 5.69 Å². The predicted octanol–water partition coefficient (Wildman–Crippen LogP) is 4.31. The zero-order valence-electron chi connectivity index (χ0n) is 12.5. The molecule has 0 aliphatic carbocycles. The summed E-state index contributed by atoms with van der Waals surface area (Å²) in [7, 11) is 0. The van der Waals surface area contributed by atoms with E-state index < -0.39 is 0 Å². The van der Waals surface area contributed by atoms with Gasteiger partial charge in [0, 0.05) is 24.1 Å². The van der Waals surface area contributed by atoms with E-state index in [1.54, 1.807) is 0 Å². The highest BCUT2D eigenvalue weighted by atomic mass is 15.3. The Kier molecular flexibility index (Phi) is 5.66. The fourth-order valence-electron chi connectivity index (χ4n) is 2.56. The number of aromatic nitrogens is 2. The molecule has 0 amide bonds. The van der Waals surface area contributed by atoms with Crippen LogP contribution >= 0.6 is 0 Å². The fraction of sp³-hybridized carbons (Fsp3) is 0.471. The number of rotatable bonds is 8. The Morgan fingerprint density at radius 1 is 1.15 bits per heavy atom. The van der Waals surface area contributed by atoms with Gasteiger partial charge < -0.3 is 5.32 Å². The van der Waals surface area contributed by atoms with Crippen LogP contribution in [-0.2, 0) is 6.54 Å². The van der Waals surface area contributed by atoms with Crippen molar-refractivity contribution in [3.63, 3.8) is 0 Å². The molecule has 2 rings (SSSR count). The van der Waals surface area contributed by atoms with E-state index in [2.05, 4.69) is 48.5 Å². The van der Waals surface area contributed by atoms with Crippen LogP contribution in [0, 0.1) is 0 Å². The second-order valence-corrected chi connectivity index (χ2v) is 5.32. The number of hydrogen-bond donors (Lipinski definition) is 1. The molecule has 0 saturated heterocycles. The Labute approximate surface area is 122 Å². The molecule has 0 unspecified atom stereocenters. The van der Waals surface area contributed by atoms with Crippen molar-refractivity contribution < 1.29 is 0 Å². The fourth-order valence-corrected chi connectivity index (χ4v) is 2.56. The van der Waals surface area contributed by atoms with Gasteiger partial charge in [-0.3, -0.25) is 4.68 Å². The molecule has 2 aromatic rings. The number of nitrogens with one attached hydrogen (secondary N) is 1. The van der Waals surface area contributed by atoms with Crippen molar-refractivity contribution in [2.75, 3.05) is 5.32 Å². The number of hydrogen-bond acceptors (Lipinski definition) is 2. The van der Waals surface area contributed by atoms with Gasteiger partial charge >= 0.3 is 0 Å². The van der Waals surface area contributed by atoms with E-state index in [1.165, 1.54) is 36.9 Å². The molecule has 0 spiro atoms. The summed E-state index contributed by atoms with van der Waals surface area (Å²) in [5, 5.41) is 7.93. The van der Waals surface area contributed by atoms with Gasteiger partial charge in [-0.05, 0) is 36.6 Å². The van der Waals surface area contributed by atoms with E-state index >= 15 is 0 Å². The summed E-state index contributed by atoms with van der Waals surface area (Å²) in [6.45, 7) is 5.33. The molecule has 20 heavy (non-hydrogen) atoms. The Morgan fingerprint density at radius 2 is 1.95 bits per heavy atom. The maximum atomic E-state index is 4.26. The van der Waals surface area contributed by atoms with Gasteiger partial charge in [0.1, 0.15) is 0 Å². The highest BCUT2D eigenvalue weighted by Crippen LogP contribution is 2.16. The van der Waals surface area contributed by atoms with E-state index in [1.807, 2.05) is 23.1 Å². The van der Waals surface area contributed by atoms with E-state index in [0.29, 0.717) is 6.04 Å². The molecule has 3 nitrogen and oxygen atoms in total. The third-order valence-corrected chi connectivity index (χ3v) is 3.48. The average Bonchev–Trinajstić information content (AvgIpc) is 2.93. The van der Waals surface area contributed by atoms with E-state index in [-0.39, 0.29) is 0 Å². The van der Waals surface area contributed by atoms with Crippen molar-refractivity contribution in [2.45, 2.75) is 52.1 Å². The molecule has 1 aromatic carbocycles. The summed E-state index contributed by atoms with van der Waals surface area (Å²) < 4.78 is 1.95. The molecule has 1 N–H and O–H groups in total. The quantitative estimate of drug-likeness (QED) is 0.775. The summed E-state index contributed by atoms with van der Waals surface area (Å²) in [6.07, 6.45) is 8.74. The summed E-state index contributed by atoms with van der Waals surface area (Å²) in [6, 6.07) is 11.2. The molecule has 0 atom stereocenters. The van der Waals surface area contributed by atoms with Gasteiger partial charge in [0.05, 0.1) is 6.54 Å². The smallest absolute Gasteiger partial charge is 0.0660 e. The molecular weight excluding hydrogens is 246 g/mol. The van der Waals surface area contributed by atoms with Crippen molar-refractivity contribution in [2.24, 2.45) is 0 Å². The second kappa shape index (κ2) is 7.73. The number of nitrogens with zero attached hydrogens (tertiary/aromatic N) is 2. The Morgan fingerprint density at radius 3 is 2.60 bits per heavy atom. The highest BCUT2D eigenvalue weighted by molar-refractivity contribution is 5.46. The summed E-state index contributed by atoms with van der Waals surface area (Å²) in [5.41, 5.74) is 2.51. The van der Waals surface area contributed by atoms with Gasteiger partial charge in [0.2, 0.25) is 0 Å². The third kappa shape index (κ3) is 4.41. The minimum atomic E-state index is 0.588. The molecule has 0 saturated carbocycles. The van der Waals surface area contributed by atoms with E-state index in [0.717, 1.165) is 6.54 Å². The van der Waals surface area contributed by atoms with Gasteiger partial charge in [-0.25, -0.2) is 0 Å². The van der Waals surface area contributed by atoms with Crippen molar-refractivity contribution in [1.82, 2.24) is 9.78 Å². The number of anilines is 1. The van der Waals surface area contributed by atoms with Gasteiger partial charge in [-0.1, -0.05) is 38.8 Å². The van der Waals surface area contributed by atoms with E-state index in [4.69, 9.17) is 0 Å². The molecule has 1 heterocycles. The molecule has 0 aliphatic heterocycles. The normalized spacial score (nSPS) is 10.9. The Balaban J connectivity index is 2.01. The van der Waals surface area contributed by atoms with Crippen LogP contribution in [0.2, 0.25) is 0 Å². The highest BCUT2D eigenvalue weighted by Gasteiger charge is 2.06. The molecule has 3 heteroatoms. The lowest BCUT2D eigenvalue weighted by atomic mass is 10.1. The standard InChI is InChI=1S/C17H25N3/c1-3-7-16(8-4-2)19-17-10-5-9-15(13-17)14-20-12-6-11-18-20/h5-6,9-13,16,19H,3-4,7-8,14H2,1-2H3. The van der Waals surface area contributed by atoms with Crippen molar-refractivity contribution in [3.05, 3.63) is 48.3 Å². The average molecular weight is 271 g/mol. The van der Waals surface area contributed by atoms with Gasteiger partial charge in [-0.15, -0.1) is 0 Å². The Bertz CT molecular complexity index is 485. The lowest BCUT2D eigenvalue weighted by molar-refractivity contribution is 0.586. The predicted molar refractivity (Wildman–Crippen MR) is 85.0 cm³/mol. The molecule has 0 radical (unpaired) electrons. The van der Waals surface area contributed by atoms with E-state index in [9.17, 15) is 0 Å². The molecule has 108 valence electrons. The van der Waals surface area contributed by atoms with Crippen LogP contribution in [-0.4, -0.2) is 15.8 Å². The largest absolute Gasteiger partial charge is 0.382 e. The van der Waals surface area contributed by atoms with Crippen molar-refractivity contribution in [3.8, 4) is 0 Å². The lowest BCUT2D eigenvalue weighted by Crippen LogP contribution is -2.19. The Hall–Kier alpha value is -1.77. The summed E-state index contributed by atoms with van der Waals surface area (Å²) >= 11 is 0. The zero-order valence-corrected chi connectivity index (χ0v) is 12.5. The van der Waals surface area contributed by atoms with Crippen molar-refractivity contribution in [1.29, 1.82) is 0 Å². The van der Waals surface area contributed by atoms with Crippen LogP contribution in [0.3, 0.4) is 0 Å². The van der Waals surface area contributed by atoms with Gasteiger partial charge in [0.15, 0.2) is 0 Å². The van der Waals surface area contributed by atoms with Crippen LogP contribution in [0.4, 0.5) is 5.69 Å². The minimum Gasteiger partial charge on any atom is -0.382 e. The molecule has 0 aliphatic rings. The number of benzene rings is 1. The first kappa shape index (κ1) is 14.6. The van der Waals surface area contributed by atoms with Crippen LogP contribution in [0.1, 0.15) is 45.1 Å². The topological polar surface area (TPSA) is 29.9 Å². The molecule has 0 fully saturated rings.